The van der Waals surface area contributed by atoms with Crippen LogP contribution in [-0.2, 0) is 10.2 Å². The topological polar surface area (TPSA) is 114 Å². The fourth-order valence-electron chi connectivity index (χ4n) is 2.28. The van der Waals surface area contributed by atoms with Crippen molar-refractivity contribution in [3.05, 3.63) is 46.6 Å². The molecule has 0 saturated carbocycles. The smallest absolute Gasteiger partial charge is 0.289 e. The Bertz CT molecular complexity index is 882. The van der Waals surface area contributed by atoms with Gasteiger partial charge < -0.3 is 25.0 Å². The molecule has 8 nitrogen and oxygen atoms in total. The number of hydrogen-bond donors (Lipinski definition) is 3. The molecule has 1 aromatic heterocycles. The zero-order valence-electron chi connectivity index (χ0n) is 17.0. The highest BCUT2D eigenvalue weighted by molar-refractivity contribution is 6.30. The lowest BCUT2D eigenvalue weighted by Crippen LogP contribution is -2.37. The van der Waals surface area contributed by atoms with Crippen LogP contribution in [0, 0.1) is 5.82 Å². The summed E-state index contributed by atoms with van der Waals surface area (Å²) >= 11 is 5.57. The number of nitrogens with one attached hydrogen (secondary N) is 2. The number of rotatable bonds is 9. The van der Waals surface area contributed by atoms with Gasteiger partial charge in [-0.15, -0.1) is 0 Å². The number of amides is 2. The van der Waals surface area contributed by atoms with Crippen molar-refractivity contribution in [1.29, 1.82) is 0 Å². The fraction of sp³-hybridized carbons (Fsp3) is 0.450. The van der Waals surface area contributed by atoms with Crippen LogP contribution >= 0.6 is 11.6 Å². The highest BCUT2D eigenvalue weighted by Gasteiger charge is 2.21. The monoisotopic (exact) mass is 441 g/mol. The van der Waals surface area contributed by atoms with Gasteiger partial charge in [-0.3, -0.25) is 9.59 Å². The Morgan fingerprint density at radius 1 is 1.30 bits per heavy atom. The number of carbonyl (C=O) groups is 2. The van der Waals surface area contributed by atoms with Gasteiger partial charge >= 0.3 is 0 Å². The Labute approximate surface area is 178 Å². The molecule has 0 unspecified atom stereocenters. The molecule has 1 atom stereocenters. The van der Waals surface area contributed by atoms with E-state index in [0.717, 1.165) is 6.07 Å². The summed E-state index contributed by atoms with van der Waals surface area (Å²) in [5, 5.41) is 18.9. The SMILES string of the molecule is CC(C)(C)c1cc(C(=O)NCC[C@H](O)CNC(=O)COc2ccc(Cl)c(F)c2)on1. The molecule has 2 amide bonds. The van der Waals surface area contributed by atoms with Crippen LogP contribution < -0.4 is 15.4 Å². The molecular formula is C20H25ClFN3O5. The minimum atomic E-state index is -0.873. The Morgan fingerprint density at radius 2 is 2.03 bits per heavy atom. The van der Waals surface area contributed by atoms with Crippen LogP contribution in [-0.4, -0.2) is 47.9 Å². The van der Waals surface area contributed by atoms with Gasteiger partial charge in [0.05, 0.1) is 16.8 Å². The molecule has 1 heterocycles. The average molecular weight is 442 g/mol. The Hall–Kier alpha value is -2.65. The summed E-state index contributed by atoms with van der Waals surface area (Å²) in [6.07, 6.45) is -0.655. The standard InChI is InChI=1S/C20H25ClFN3O5/c1-20(2,3)17-9-16(30-25-17)19(28)23-7-6-12(26)10-24-18(27)11-29-13-4-5-14(21)15(22)8-13/h4-5,8-9,12,26H,6-7,10-11H2,1-3H3,(H,23,28)(H,24,27)/t12-/m0/s1. The summed E-state index contributed by atoms with van der Waals surface area (Å²) in [4.78, 5) is 23.8. The third kappa shape index (κ3) is 7.31. The summed E-state index contributed by atoms with van der Waals surface area (Å²) in [6, 6.07) is 5.42. The van der Waals surface area contributed by atoms with E-state index in [0.29, 0.717) is 5.69 Å². The van der Waals surface area contributed by atoms with E-state index in [2.05, 4.69) is 15.8 Å². The lowest BCUT2D eigenvalue weighted by Gasteiger charge is -2.13. The van der Waals surface area contributed by atoms with Gasteiger partial charge in [0.25, 0.3) is 11.8 Å². The molecule has 0 fully saturated rings. The van der Waals surface area contributed by atoms with E-state index in [4.69, 9.17) is 20.9 Å². The number of aliphatic hydroxyl groups is 1. The molecule has 10 heteroatoms. The zero-order chi connectivity index (χ0) is 22.3. The van der Waals surface area contributed by atoms with Gasteiger partial charge in [-0.2, -0.15) is 0 Å². The maximum Gasteiger partial charge on any atom is 0.289 e. The van der Waals surface area contributed by atoms with Crippen molar-refractivity contribution in [3.8, 4) is 5.75 Å². The summed E-state index contributed by atoms with van der Waals surface area (Å²) in [6.45, 7) is 5.68. The van der Waals surface area contributed by atoms with E-state index in [-0.39, 0.29) is 48.1 Å². The van der Waals surface area contributed by atoms with Crippen molar-refractivity contribution in [1.82, 2.24) is 15.8 Å². The summed E-state index contributed by atoms with van der Waals surface area (Å²) in [5.74, 6) is -1.30. The molecule has 0 aliphatic heterocycles. The molecule has 0 saturated heterocycles. The highest BCUT2D eigenvalue weighted by atomic mass is 35.5. The van der Waals surface area contributed by atoms with Crippen LogP contribution in [0.15, 0.2) is 28.8 Å². The second-order valence-electron chi connectivity index (χ2n) is 7.69. The molecule has 0 aliphatic carbocycles. The van der Waals surface area contributed by atoms with Gasteiger partial charge in [-0.05, 0) is 18.6 Å². The van der Waals surface area contributed by atoms with Gasteiger partial charge in [0.2, 0.25) is 5.76 Å². The lowest BCUT2D eigenvalue weighted by molar-refractivity contribution is -0.123. The van der Waals surface area contributed by atoms with E-state index in [9.17, 15) is 19.1 Å². The molecule has 164 valence electrons. The molecule has 0 aliphatic rings. The number of nitrogens with zero attached hydrogens (tertiary/aromatic N) is 1. The normalized spacial score (nSPS) is 12.3. The maximum absolute atomic E-state index is 13.3. The average Bonchev–Trinajstić information content (AvgIpc) is 3.18. The zero-order valence-corrected chi connectivity index (χ0v) is 17.8. The number of halogens is 2. The minimum Gasteiger partial charge on any atom is -0.484 e. The van der Waals surface area contributed by atoms with Crippen LogP contribution in [0.3, 0.4) is 0 Å². The lowest BCUT2D eigenvalue weighted by atomic mass is 9.92. The first-order chi connectivity index (χ1) is 14.1. The van der Waals surface area contributed by atoms with Crippen LogP contribution in [0.1, 0.15) is 43.4 Å². The second-order valence-corrected chi connectivity index (χ2v) is 8.10. The first kappa shape index (κ1) is 23.6. The molecule has 3 N–H and O–H groups in total. The second kappa shape index (κ2) is 10.4. The fourth-order valence-corrected chi connectivity index (χ4v) is 2.39. The van der Waals surface area contributed by atoms with Crippen molar-refractivity contribution < 1.29 is 28.3 Å². The summed E-state index contributed by atoms with van der Waals surface area (Å²) in [5.41, 5.74) is 0.431. The van der Waals surface area contributed by atoms with Crippen LogP contribution in [0.25, 0.3) is 0 Å². The Kier molecular flexibility index (Phi) is 8.19. The number of benzene rings is 1. The number of hydrogen-bond acceptors (Lipinski definition) is 6. The minimum absolute atomic E-state index is 0.0243. The molecule has 0 bridgehead atoms. The van der Waals surface area contributed by atoms with Crippen molar-refractivity contribution in [2.75, 3.05) is 19.7 Å². The van der Waals surface area contributed by atoms with E-state index < -0.39 is 23.7 Å². The predicted octanol–water partition coefficient (Wildman–Crippen LogP) is 2.44. The van der Waals surface area contributed by atoms with E-state index in [1.807, 2.05) is 20.8 Å². The number of aliphatic hydroxyl groups excluding tert-OH is 1. The first-order valence-corrected chi connectivity index (χ1v) is 9.72. The molecule has 2 rings (SSSR count). The quantitative estimate of drug-likeness (QED) is 0.550. The van der Waals surface area contributed by atoms with Gasteiger partial charge in [-0.1, -0.05) is 37.5 Å². The Morgan fingerprint density at radius 3 is 2.67 bits per heavy atom. The molecular weight excluding hydrogens is 417 g/mol. The maximum atomic E-state index is 13.3. The summed E-state index contributed by atoms with van der Waals surface area (Å²) < 4.78 is 23.5. The van der Waals surface area contributed by atoms with E-state index in [1.54, 1.807) is 6.07 Å². The van der Waals surface area contributed by atoms with Gasteiger partial charge in [-0.25, -0.2) is 4.39 Å². The highest BCUT2D eigenvalue weighted by Crippen LogP contribution is 2.21. The molecule has 0 spiro atoms. The Balaban J connectivity index is 1.65. The van der Waals surface area contributed by atoms with Crippen LogP contribution in [0.4, 0.5) is 4.39 Å². The van der Waals surface area contributed by atoms with E-state index in [1.165, 1.54) is 12.1 Å². The molecule has 2 aromatic rings. The number of carbonyl (C=O) groups excluding carboxylic acids is 2. The van der Waals surface area contributed by atoms with Gasteiger partial charge in [0, 0.05) is 30.6 Å². The third-order valence-corrected chi connectivity index (χ3v) is 4.37. The van der Waals surface area contributed by atoms with Gasteiger partial charge in [0.1, 0.15) is 11.6 Å². The van der Waals surface area contributed by atoms with E-state index >= 15 is 0 Å². The predicted molar refractivity (Wildman–Crippen MR) is 108 cm³/mol. The molecule has 1 aromatic carbocycles. The van der Waals surface area contributed by atoms with Crippen LogP contribution in [0.5, 0.6) is 5.75 Å². The van der Waals surface area contributed by atoms with Crippen molar-refractivity contribution >= 4 is 23.4 Å². The van der Waals surface area contributed by atoms with Crippen molar-refractivity contribution in [2.24, 2.45) is 0 Å². The summed E-state index contributed by atoms with van der Waals surface area (Å²) in [7, 11) is 0. The third-order valence-electron chi connectivity index (χ3n) is 4.06. The van der Waals surface area contributed by atoms with Crippen LogP contribution in [0.2, 0.25) is 5.02 Å². The van der Waals surface area contributed by atoms with Crippen molar-refractivity contribution in [2.45, 2.75) is 38.7 Å². The molecule has 0 radical (unpaired) electrons. The number of ether oxygens (including phenoxy) is 1. The van der Waals surface area contributed by atoms with Crippen molar-refractivity contribution in [3.63, 3.8) is 0 Å². The van der Waals surface area contributed by atoms with Gasteiger partial charge in [0.15, 0.2) is 6.61 Å². The number of aromatic nitrogens is 1. The first-order valence-electron chi connectivity index (χ1n) is 9.34. The molecule has 30 heavy (non-hydrogen) atoms. The largest absolute Gasteiger partial charge is 0.484 e.